The van der Waals surface area contributed by atoms with Gasteiger partial charge in [-0.25, -0.2) is 0 Å². The highest BCUT2D eigenvalue weighted by atomic mass is 32.1. The number of rotatable bonds is 1. The van der Waals surface area contributed by atoms with Crippen LogP contribution in [0.3, 0.4) is 0 Å². The smallest absolute Gasteiger partial charge is 0.00194 e. The second-order valence-corrected chi connectivity index (χ2v) is 1.99. The molecule has 0 bridgehead atoms. The van der Waals surface area contributed by atoms with Crippen LogP contribution in [-0.4, -0.2) is 0 Å². The first kappa shape index (κ1) is 6.30. The van der Waals surface area contributed by atoms with E-state index in [9.17, 15) is 0 Å². The van der Waals surface area contributed by atoms with Gasteiger partial charge in [-0.05, 0) is 11.6 Å². The zero-order chi connectivity index (χ0) is 6.53. The third kappa shape index (κ3) is 1.86. The van der Waals surface area contributed by atoms with Crippen LogP contribution in [-0.2, 0) is 0 Å². The van der Waals surface area contributed by atoms with Crippen LogP contribution in [0.15, 0.2) is 35.7 Å². The molecule has 0 aliphatic rings. The van der Waals surface area contributed by atoms with Gasteiger partial charge in [0.2, 0.25) is 0 Å². The molecule has 1 aromatic carbocycles. The van der Waals surface area contributed by atoms with Gasteiger partial charge >= 0.3 is 0 Å². The Morgan fingerprint density at radius 1 is 1.11 bits per heavy atom. The zero-order valence-electron chi connectivity index (χ0n) is 4.95. The monoisotopic (exact) mass is 135 g/mol. The van der Waals surface area contributed by atoms with Crippen LogP contribution in [0.25, 0.3) is 6.08 Å². The molecule has 0 saturated heterocycles. The second kappa shape index (κ2) is 3.25. The van der Waals surface area contributed by atoms with Crippen LogP contribution < -0.4 is 0 Å². The minimum absolute atomic E-state index is 1.16. The lowest BCUT2D eigenvalue weighted by molar-refractivity contribution is 1.67. The van der Waals surface area contributed by atoms with E-state index in [0.29, 0.717) is 0 Å². The molecule has 0 nitrogen and oxygen atoms in total. The summed E-state index contributed by atoms with van der Waals surface area (Å²) in [4.78, 5) is 0. The summed E-state index contributed by atoms with van der Waals surface area (Å²) < 4.78 is 0. The van der Waals surface area contributed by atoms with Gasteiger partial charge in [0.1, 0.15) is 0 Å². The summed E-state index contributed by atoms with van der Waals surface area (Å²) in [5.41, 5.74) is 1.16. The Bertz CT molecular complexity index is 189. The molecule has 0 spiro atoms. The average Bonchev–Trinajstić information content (AvgIpc) is 1.91. The molecule has 0 aliphatic heterocycles. The van der Waals surface area contributed by atoms with Crippen LogP contribution in [0.4, 0.5) is 0 Å². The van der Waals surface area contributed by atoms with E-state index >= 15 is 0 Å². The van der Waals surface area contributed by atoms with Crippen LogP contribution in [0, 0.1) is 0 Å². The molecule has 0 aliphatic carbocycles. The molecular weight excluding hydrogens is 128 g/mol. The van der Waals surface area contributed by atoms with Crippen molar-refractivity contribution >= 4 is 18.7 Å². The van der Waals surface area contributed by atoms with Gasteiger partial charge in [-0.1, -0.05) is 43.0 Å². The summed E-state index contributed by atoms with van der Waals surface area (Å²) in [5, 5.41) is 1.62. The van der Waals surface area contributed by atoms with Crippen LogP contribution in [0.1, 0.15) is 5.56 Å². The summed E-state index contributed by atoms with van der Waals surface area (Å²) in [6, 6.07) is 10.0. The van der Waals surface area contributed by atoms with Crippen molar-refractivity contribution in [1.29, 1.82) is 0 Å². The molecule has 0 N–H and O–H groups in total. The molecule has 0 amide bonds. The van der Waals surface area contributed by atoms with Gasteiger partial charge in [0.15, 0.2) is 0 Å². The van der Waals surface area contributed by atoms with Crippen LogP contribution in [0.5, 0.6) is 0 Å². The highest BCUT2D eigenvalue weighted by Crippen LogP contribution is 2.00. The predicted molar refractivity (Wildman–Crippen MR) is 43.1 cm³/mol. The SMILES string of the molecule is [S]/C=C/c1ccccc1. The summed E-state index contributed by atoms with van der Waals surface area (Å²) in [6.07, 6.45) is 1.90. The highest BCUT2D eigenvalue weighted by Gasteiger charge is 1.78. The Hall–Kier alpha value is -0.820. The van der Waals surface area contributed by atoms with E-state index in [1.807, 2.05) is 36.4 Å². The third-order valence-electron chi connectivity index (χ3n) is 1.06. The van der Waals surface area contributed by atoms with Crippen molar-refractivity contribution in [1.82, 2.24) is 0 Å². The van der Waals surface area contributed by atoms with Crippen molar-refractivity contribution in [3.05, 3.63) is 41.3 Å². The first-order valence-corrected chi connectivity index (χ1v) is 3.24. The summed E-state index contributed by atoms with van der Waals surface area (Å²) in [6.45, 7) is 0. The van der Waals surface area contributed by atoms with E-state index in [0.717, 1.165) is 5.56 Å². The molecule has 9 heavy (non-hydrogen) atoms. The Morgan fingerprint density at radius 2 is 1.78 bits per heavy atom. The quantitative estimate of drug-likeness (QED) is 0.555. The lowest BCUT2D eigenvalue weighted by Gasteiger charge is -1.86. The van der Waals surface area contributed by atoms with Crippen molar-refractivity contribution in [3.63, 3.8) is 0 Å². The van der Waals surface area contributed by atoms with Crippen molar-refractivity contribution in [2.75, 3.05) is 0 Å². The maximum atomic E-state index is 4.65. The standard InChI is InChI=1S/C8H7S/c9-7-6-8-4-2-1-3-5-8/h1-7H/b7-6+. The van der Waals surface area contributed by atoms with Crippen molar-refractivity contribution < 1.29 is 0 Å². The maximum Gasteiger partial charge on any atom is 0.00194 e. The van der Waals surface area contributed by atoms with Gasteiger partial charge in [-0.2, -0.15) is 0 Å². The fraction of sp³-hybridized carbons (Fsp3) is 0. The fourth-order valence-corrected chi connectivity index (χ4v) is 0.800. The molecule has 0 fully saturated rings. The molecule has 0 saturated carbocycles. The average molecular weight is 135 g/mol. The van der Waals surface area contributed by atoms with Gasteiger partial charge in [-0.15, -0.1) is 0 Å². The molecule has 0 atom stereocenters. The summed E-state index contributed by atoms with van der Waals surface area (Å²) in [7, 11) is 0. The molecule has 0 aromatic heterocycles. The summed E-state index contributed by atoms with van der Waals surface area (Å²) in [5.74, 6) is 0. The number of hydrogen-bond acceptors (Lipinski definition) is 0. The minimum atomic E-state index is 1.16. The number of benzene rings is 1. The number of hydrogen-bond donors (Lipinski definition) is 0. The molecule has 1 aromatic rings. The van der Waals surface area contributed by atoms with E-state index in [-0.39, 0.29) is 0 Å². The topological polar surface area (TPSA) is 0 Å². The van der Waals surface area contributed by atoms with Gasteiger partial charge in [-0.3, -0.25) is 0 Å². The van der Waals surface area contributed by atoms with E-state index in [2.05, 4.69) is 12.6 Å². The molecule has 0 unspecified atom stereocenters. The van der Waals surface area contributed by atoms with Gasteiger partial charge < -0.3 is 0 Å². The first-order valence-electron chi connectivity index (χ1n) is 2.77. The molecule has 1 rings (SSSR count). The lowest BCUT2D eigenvalue weighted by atomic mass is 10.2. The van der Waals surface area contributed by atoms with Crippen LogP contribution in [0.2, 0.25) is 0 Å². The Labute approximate surface area is 60.6 Å². The molecular formula is C8H7S. The van der Waals surface area contributed by atoms with Crippen LogP contribution >= 0.6 is 12.6 Å². The van der Waals surface area contributed by atoms with Gasteiger partial charge in [0.05, 0.1) is 0 Å². The zero-order valence-corrected chi connectivity index (χ0v) is 5.77. The molecule has 1 heteroatoms. The second-order valence-electron chi connectivity index (χ2n) is 1.71. The maximum absolute atomic E-state index is 4.65. The third-order valence-corrected chi connectivity index (χ3v) is 1.20. The van der Waals surface area contributed by atoms with Crippen molar-refractivity contribution in [2.24, 2.45) is 0 Å². The van der Waals surface area contributed by atoms with E-state index in [4.69, 9.17) is 0 Å². The van der Waals surface area contributed by atoms with E-state index < -0.39 is 0 Å². The van der Waals surface area contributed by atoms with E-state index in [1.165, 1.54) is 0 Å². The highest BCUT2D eigenvalue weighted by molar-refractivity contribution is 7.83. The molecule has 45 valence electrons. The molecule has 0 heterocycles. The normalized spacial score (nSPS) is 10.2. The largest absolute Gasteiger partial charge is 0.0887 e. The van der Waals surface area contributed by atoms with Crippen molar-refractivity contribution in [2.45, 2.75) is 0 Å². The van der Waals surface area contributed by atoms with Gasteiger partial charge in [0, 0.05) is 5.41 Å². The minimum Gasteiger partial charge on any atom is -0.0887 e. The fourth-order valence-electron chi connectivity index (χ4n) is 0.643. The Morgan fingerprint density at radius 3 is 2.33 bits per heavy atom. The summed E-state index contributed by atoms with van der Waals surface area (Å²) >= 11 is 4.65. The molecule has 1 radical (unpaired) electrons. The van der Waals surface area contributed by atoms with E-state index in [1.54, 1.807) is 5.41 Å². The lowest BCUT2D eigenvalue weighted by Crippen LogP contribution is -1.64. The first-order chi connectivity index (χ1) is 4.43. The van der Waals surface area contributed by atoms with Gasteiger partial charge in [0.25, 0.3) is 0 Å². The predicted octanol–water partition coefficient (Wildman–Crippen LogP) is 2.85. The Kier molecular flexibility index (Phi) is 2.28. The Balaban J connectivity index is 2.85. The van der Waals surface area contributed by atoms with Crippen molar-refractivity contribution in [3.8, 4) is 0 Å².